The Bertz CT molecular complexity index is 743. The Morgan fingerprint density at radius 2 is 1.96 bits per heavy atom. The second kappa shape index (κ2) is 10.5. The van der Waals surface area contributed by atoms with E-state index in [1.807, 2.05) is 30.3 Å². The molecule has 1 unspecified atom stereocenters. The zero-order chi connectivity index (χ0) is 18.8. The molecular formula is C19H24N4O2S. The zero-order valence-electron chi connectivity index (χ0n) is 15.1. The van der Waals surface area contributed by atoms with Gasteiger partial charge in [-0.25, -0.2) is 0 Å². The standard InChI is InChI=1S/C19H24N4O2S/c1-3-4-6-11-17-22-23-19(26-17)21-18(25)14(2)20-16(24)13-12-15-9-7-5-8-10-15/h5,7-10,12-14H,3-4,6,11H2,1-2H3,(H,20,24)(H,21,23,25)/b13-12+. The van der Waals surface area contributed by atoms with Crippen molar-refractivity contribution in [3.63, 3.8) is 0 Å². The maximum absolute atomic E-state index is 12.2. The van der Waals surface area contributed by atoms with Crippen LogP contribution in [0.3, 0.4) is 0 Å². The Kier molecular flexibility index (Phi) is 7.95. The van der Waals surface area contributed by atoms with Gasteiger partial charge in [0.15, 0.2) is 0 Å². The van der Waals surface area contributed by atoms with E-state index in [2.05, 4.69) is 27.8 Å². The summed E-state index contributed by atoms with van der Waals surface area (Å²) in [6.07, 6.45) is 7.36. The molecule has 1 heterocycles. The number of unbranched alkanes of at least 4 members (excludes halogenated alkanes) is 2. The Hall–Kier alpha value is -2.54. The summed E-state index contributed by atoms with van der Waals surface area (Å²) in [5, 5.41) is 14.8. The first kappa shape index (κ1) is 19.8. The van der Waals surface area contributed by atoms with E-state index in [1.54, 1.807) is 13.0 Å². The topological polar surface area (TPSA) is 84.0 Å². The van der Waals surface area contributed by atoms with Gasteiger partial charge in [0.25, 0.3) is 0 Å². The van der Waals surface area contributed by atoms with Crippen LogP contribution < -0.4 is 10.6 Å². The van der Waals surface area contributed by atoms with Crippen LogP contribution in [0.25, 0.3) is 6.08 Å². The van der Waals surface area contributed by atoms with Crippen LogP contribution in [-0.2, 0) is 16.0 Å². The second-order valence-electron chi connectivity index (χ2n) is 5.92. The van der Waals surface area contributed by atoms with Gasteiger partial charge in [-0.15, -0.1) is 10.2 Å². The molecule has 0 radical (unpaired) electrons. The number of anilines is 1. The van der Waals surface area contributed by atoms with Crippen molar-refractivity contribution in [1.29, 1.82) is 0 Å². The van der Waals surface area contributed by atoms with E-state index in [0.717, 1.165) is 36.3 Å². The largest absolute Gasteiger partial charge is 0.341 e. The maximum Gasteiger partial charge on any atom is 0.248 e. The summed E-state index contributed by atoms with van der Waals surface area (Å²) in [6, 6.07) is 8.82. The molecule has 1 atom stereocenters. The quantitative estimate of drug-likeness (QED) is 0.522. The number of aryl methyl sites for hydroxylation is 1. The van der Waals surface area contributed by atoms with Crippen LogP contribution in [-0.4, -0.2) is 28.1 Å². The molecule has 0 aliphatic rings. The number of carbonyl (C=O) groups is 2. The lowest BCUT2D eigenvalue weighted by Crippen LogP contribution is -2.40. The van der Waals surface area contributed by atoms with Gasteiger partial charge in [0, 0.05) is 12.5 Å². The van der Waals surface area contributed by atoms with Gasteiger partial charge in [0.05, 0.1) is 0 Å². The minimum absolute atomic E-state index is 0.317. The fraction of sp³-hybridized carbons (Fsp3) is 0.368. The van der Waals surface area contributed by atoms with E-state index in [0.29, 0.717) is 5.13 Å². The van der Waals surface area contributed by atoms with E-state index in [-0.39, 0.29) is 11.8 Å². The molecule has 0 aliphatic heterocycles. The van der Waals surface area contributed by atoms with E-state index in [1.165, 1.54) is 17.4 Å². The van der Waals surface area contributed by atoms with E-state index in [4.69, 9.17) is 0 Å². The number of amides is 2. The molecule has 138 valence electrons. The van der Waals surface area contributed by atoms with Crippen LogP contribution in [0.15, 0.2) is 36.4 Å². The normalized spacial score (nSPS) is 12.1. The number of nitrogens with one attached hydrogen (secondary N) is 2. The fourth-order valence-corrected chi connectivity index (χ4v) is 2.99. The first-order valence-electron chi connectivity index (χ1n) is 8.75. The van der Waals surface area contributed by atoms with Crippen molar-refractivity contribution in [3.05, 3.63) is 47.0 Å². The lowest BCUT2D eigenvalue weighted by Gasteiger charge is -2.11. The second-order valence-corrected chi connectivity index (χ2v) is 6.98. The van der Waals surface area contributed by atoms with Crippen molar-refractivity contribution in [1.82, 2.24) is 15.5 Å². The van der Waals surface area contributed by atoms with Crippen molar-refractivity contribution in [3.8, 4) is 0 Å². The smallest absolute Gasteiger partial charge is 0.248 e. The molecule has 1 aromatic heterocycles. The number of rotatable bonds is 9. The molecule has 0 fully saturated rings. The fourth-order valence-electron chi connectivity index (χ4n) is 2.21. The summed E-state index contributed by atoms with van der Waals surface area (Å²) in [6.45, 7) is 3.78. The SMILES string of the molecule is CCCCCc1nnc(NC(=O)C(C)NC(=O)/C=C/c2ccccc2)s1. The molecule has 0 bridgehead atoms. The highest BCUT2D eigenvalue weighted by Crippen LogP contribution is 2.17. The number of hydrogen-bond acceptors (Lipinski definition) is 5. The Morgan fingerprint density at radius 3 is 2.69 bits per heavy atom. The first-order valence-corrected chi connectivity index (χ1v) is 9.57. The number of carbonyl (C=O) groups excluding carboxylic acids is 2. The molecule has 2 rings (SSSR count). The van der Waals surface area contributed by atoms with Crippen LogP contribution in [0.4, 0.5) is 5.13 Å². The van der Waals surface area contributed by atoms with Gasteiger partial charge < -0.3 is 5.32 Å². The Morgan fingerprint density at radius 1 is 1.19 bits per heavy atom. The third kappa shape index (κ3) is 6.76. The van der Waals surface area contributed by atoms with Crippen LogP contribution in [0.2, 0.25) is 0 Å². The summed E-state index contributed by atoms with van der Waals surface area (Å²) in [5.41, 5.74) is 0.921. The van der Waals surface area contributed by atoms with Gasteiger partial charge in [-0.1, -0.05) is 61.4 Å². The predicted octanol–water partition coefficient (Wildman–Crippen LogP) is 3.43. The molecule has 0 spiro atoms. The van der Waals surface area contributed by atoms with Gasteiger partial charge >= 0.3 is 0 Å². The Balaban J connectivity index is 1.80. The van der Waals surface area contributed by atoms with E-state index < -0.39 is 6.04 Å². The molecule has 1 aromatic carbocycles. The molecule has 2 amide bonds. The molecule has 6 nitrogen and oxygen atoms in total. The molecule has 0 saturated heterocycles. The monoisotopic (exact) mass is 372 g/mol. The van der Waals surface area contributed by atoms with Gasteiger partial charge in [0.2, 0.25) is 16.9 Å². The summed E-state index contributed by atoms with van der Waals surface area (Å²) in [5.74, 6) is -0.642. The van der Waals surface area contributed by atoms with Gasteiger partial charge in [-0.05, 0) is 25.0 Å². The molecule has 2 N–H and O–H groups in total. The van der Waals surface area contributed by atoms with Crippen LogP contribution in [0.5, 0.6) is 0 Å². The third-order valence-corrected chi connectivity index (χ3v) is 4.57. The van der Waals surface area contributed by atoms with Gasteiger partial charge in [-0.3, -0.25) is 14.9 Å². The lowest BCUT2D eigenvalue weighted by molar-refractivity contribution is -0.123. The van der Waals surface area contributed by atoms with Crippen molar-refractivity contribution in [2.75, 3.05) is 5.32 Å². The number of hydrogen-bond donors (Lipinski definition) is 2. The van der Waals surface area contributed by atoms with Crippen LogP contribution in [0.1, 0.15) is 43.7 Å². The van der Waals surface area contributed by atoms with Gasteiger partial charge in [0.1, 0.15) is 11.0 Å². The molecule has 26 heavy (non-hydrogen) atoms. The average molecular weight is 372 g/mol. The maximum atomic E-state index is 12.2. The highest BCUT2D eigenvalue weighted by Gasteiger charge is 2.16. The summed E-state index contributed by atoms with van der Waals surface area (Å²) in [4.78, 5) is 24.1. The molecule has 0 aliphatic carbocycles. The summed E-state index contributed by atoms with van der Waals surface area (Å²) >= 11 is 1.37. The summed E-state index contributed by atoms with van der Waals surface area (Å²) in [7, 11) is 0. The molecule has 7 heteroatoms. The van der Waals surface area contributed by atoms with Gasteiger partial charge in [-0.2, -0.15) is 0 Å². The van der Waals surface area contributed by atoms with Crippen molar-refractivity contribution >= 4 is 34.4 Å². The first-order chi connectivity index (χ1) is 12.6. The molecule has 2 aromatic rings. The average Bonchev–Trinajstić information content (AvgIpc) is 3.08. The van der Waals surface area contributed by atoms with E-state index in [9.17, 15) is 9.59 Å². The highest BCUT2D eigenvalue weighted by molar-refractivity contribution is 7.15. The number of aromatic nitrogens is 2. The van der Waals surface area contributed by atoms with E-state index >= 15 is 0 Å². The number of nitrogens with zero attached hydrogens (tertiary/aromatic N) is 2. The number of benzene rings is 1. The minimum atomic E-state index is -0.671. The zero-order valence-corrected chi connectivity index (χ0v) is 15.9. The lowest BCUT2D eigenvalue weighted by atomic mass is 10.2. The van der Waals surface area contributed by atoms with Crippen molar-refractivity contribution in [2.24, 2.45) is 0 Å². The van der Waals surface area contributed by atoms with Crippen LogP contribution in [0, 0.1) is 0 Å². The van der Waals surface area contributed by atoms with Crippen molar-refractivity contribution in [2.45, 2.75) is 45.6 Å². The highest BCUT2D eigenvalue weighted by atomic mass is 32.1. The van der Waals surface area contributed by atoms with Crippen LogP contribution >= 0.6 is 11.3 Å². The predicted molar refractivity (Wildman–Crippen MR) is 105 cm³/mol. The Labute approximate surface area is 157 Å². The minimum Gasteiger partial charge on any atom is -0.341 e. The third-order valence-electron chi connectivity index (χ3n) is 3.67. The molecule has 0 saturated carbocycles. The molecular weight excluding hydrogens is 348 g/mol. The summed E-state index contributed by atoms with van der Waals surface area (Å²) < 4.78 is 0. The van der Waals surface area contributed by atoms with Crippen molar-refractivity contribution < 1.29 is 9.59 Å².